The van der Waals surface area contributed by atoms with Crippen molar-refractivity contribution in [2.45, 2.75) is 25.8 Å². The Morgan fingerprint density at radius 1 is 1.55 bits per heavy atom. The first-order chi connectivity index (χ1) is 9.61. The third kappa shape index (κ3) is 3.52. The van der Waals surface area contributed by atoms with Crippen LogP contribution in [0.5, 0.6) is 0 Å². The molecule has 0 bridgehead atoms. The lowest BCUT2D eigenvalue weighted by molar-refractivity contribution is -0.387. The van der Waals surface area contributed by atoms with Gasteiger partial charge in [0.2, 0.25) is 5.82 Å². The molecule has 1 aromatic rings. The molecule has 1 aromatic carbocycles. The molecule has 6 heteroatoms. The van der Waals surface area contributed by atoms with Gasteiger partial charge in [-0.1, -0.05) is 13.0 Å². The largest absolute Gasteiger partial charge is 0.381 e. The van der Waals surface area contributed by atoms with Gasteiger partial charge < -0.3 is 10.1 Å². The highest BCUT2D eigenvalue weighted by molar-refractivity contribution is 5.35. The highest BCUT2D eigenvalue weighted by Gasteiger charge is 2.25. The highest BCUT2D eigenvalue weighted by atomic mass is 19.1. The average molecular weight is 282 g/mol. The summed E-state index contributed by atoms with van der Waals surface area (Å²) in [6.45, 7) is 4.31. The number of benzene rings is 1. The van der Waals surface area contributed by atoms with Crippen LogP contribution in [0.4, 0.5) is 10.1 Å². The van der Waals surface area contributed by atoms with E-state index in [9.17, 15) is 14.5 Å². The van der Waals surface area contributed by atoms with Gasteiger partial charge in [-0.25, -0.2) is 0 Å². The van der Waals surface area contributed by atoms with Gasteiger partial charge in [0.25, 0.3) is 0 Å². The van der Waals surface area contributed by atoms with E-state index >= 15 is 0 Å². The van der Waals surface area contributed by atoms with Crippen LogP contribution in [-0.2, 0) is 11.2 Å². The van der Waals surface area contributed by atoms with Crippen molar-refractivity contribution in [3.05, 3.63) is 39.7 Å². The third-order valence-corrected chi connectivity index (χ3v) is 3.65. The molecule has 0 aliphatic carbocycles. The summed E-state index contributed by atoms with van der Waals surface area (Å²) in [5.74, 6) is -0.506. The molecule has 110 valence electrons. The van der Waals surface area contributed by atoms with Crippen LogP contribution in [0.25, 0.3) is 0 Å². The lowest BCUT2D eigenvalue weighted by Crippen LogP contribution is -2.43. The van der Waals surface area contributed by atoms with E-state index in [2.05, 4.69) is 12.2 Å². The number of hydrogen-bond donors (Lipinski definition) is 1. The summed E-state index contributed by atoms with van der Waals surface area (Å²) in [7, 11) is 0. The van der Waals surface area contributed by atoms with Gasteiger partial charge in [0.15, 0.2) is 0 Å². The molecule has 1 aliphatic rings. The molecule has 2 rings (SSSR count). The Labute approximate surface area is 117 Å². The van der Waals surface area contributed by atoms with Gasteiger partial charge in [-0.2, -0.15) is 4.39 Å². The quantitative estimate of drug-likeness (QED) is 0.665. The summed E-state index contributed by atoms with van der Waals surface area (Å²) in [5.41, 5.74) is 0.295. The molecule has 0 aromatic heterocycles. The number of nitrogens with zero attached hydrogens (tertiary/aromatic N) is 1. The maximum Gasteiger partial charge on any atom is 0.304 e. The maximum absolute atomic E-state index is 13.6. The van der Waals surface area contributed by atoms with Crippen LogP contribution in [0.2, 0.25) is 0 Å². The minimum atomic E-state index is -0.774. The minimum absolute atomic E-state index is 0.268. The van der Waals surface area contributed by atoms with Crippen LogP contribution < -0.4 is 5.32 Å². The first kappa shape index (κ1) is 14.9. The van der Waals surface area contributed by atoms with Gasteiger partial charge >= 0.3 is 5.69 Å². The van der Waals surface area contributed by atoms with Crippen LogP contribution in [0.15, 0.2) is 18.2 Å². The van der Waals surface area contributed by atoms with Crippen LogP contribution in [0.1, 0.15) is 18.9 Å². The van der Waals surface area contributed by atoms with E-state index < -0.39 is 16.4 Å². The van der Waals surface area contributed by atoms with Crippen LogP contribution in [0, 0.1) is 21.8 Å². The van der Waals surface area contributed by atoms with Gasteiger partial charge in [0.05, 0.1) is 11.5 Å². The molecule has 0 amide bonds. The smallest absolute Gasteiger partial charge is 0.304 e. The monoisotopic (exact) mass is 282 g/mol. The van der Waals surface area contributed by atoms with Gasteiger partial charge in [-0.3, -0.25) is 10.1 Å². The van der Waals surface area contributed by atoms with Crippen LogP contribution in [0.3, 0.4) is 0 Å². The fourth-order valence-corrected chi connectivity index (χ4v) is 2.66. The fraction of sp³-hybridized carbons (Fsp3) is 0.571. The first-order valence-corrected chi connectivity index (χ1v) is 6.85. The predicted octanol–water partition coefficient (Wildman–Crippen LogP) is 2.29. The number of nitro groups is 1. The third-order valence-electron chi connectivity index (χ3n) is 3.65. The zero-order chi connectivity index (χ0) is 14.5. The van der Waals surface area contributed by atoms with Crippen molar-refractivity contribution in [1.29, 1.82) is 0 Å². The van der Waals surface area contributed by atoms with Crippen molar-refractivity contribution in [2.75, 3.05) is 19.8 Å². The van der Waals surface area contributed by atoms with Crippen LogP contribution >= 0.6 is 0 Å². The predicted molar refractivity (Wildman–Crippen MR) is 73.1 cm³/mol. The van der Waals surface area contributed by atoms with E-state index in [1.807, 2.05) is 0 Å². The van der Waals surface area contributed by atoms with E-state index in [1.165, 1.54) is 12.1 Å². The molecule has 5 nitrogen and oxygen atoms in total. The number of ether oxygens (including phenoxy) is 1. The van der Waals surface area contributed by atoms with E-state index in [-0.39, 0.29) is 5.92 Å². The molecule has 0 spiro atoms. The Bertz CT molecular complexity index is 479. The summed E-state index contributed by atoms with van der Waals surface area (Å²) in [6.07, 6.45) is 1.60. The molecule has 1 saturated heterocycles. The SMILES string of the molecule is CCNC1CCOCC1Cc1ccc([N+](=O)[O-])c(F)c1. The molecule has 1 fully saturated rings. The maximum atomic E-state index is 13.6. The average Bonchev–Trinajstić information content (AvgIpc) is 2.41. The molecule has 1 heterocycles. The normalized spacial score (nSPS) is 22.7. The molecular formula is C14H19FN2O3. The Morgan fingerprint density at radius 2 is 2.35 bits per heavy atom. The summed E-state index contributed by atoms with van der Waals surface area (Å²) < 4.78 is 19.1. The number of nitrogens with one attached hydrogen (secondary N) is 1. The van der Waals surface area contributed by atoms with Crippen molar-refractivity contribution < 1.29 is 14.1 Å². The van der Waals surface area contributed by atoms with Crippen molar-refractivity contribution in [3.63, 3.8) is 0 Å². The van der Waals surface area contributed by atoms with E-state index in [1.54, 1.807) is 6.07 Å². The Morgan fingerprint density at radius 3 is 3.00 bits per heavy atom. The molecule has 2 atom stereocenters. The van der Waals surface area contributed by atoms with Gasteiger partial charge in [-0.15, -0.1) is 0 Å². The molecule has 0 radical (unpaired) electrons. The lowest BCUT2D eigenvalue weighted by Gasteiger charge is -2.32. The Balaban J connectivity index is 2.08. The van der Waals surface area contributed by atoms with Crippen molar-refractivity contribution >= 4 is 5.69 Å². The Hall–Kier alpha value is -1.53. The van der Waals surface area contributed by atoms with E-state index in [0.717, 1.165) is 25.1 Å². The second-order valence-electron chi connectivity index (χ2n) is 5.03. The van der Waals surface area contributed by atoms with E-state index in [0.29, 0.717) is 19.1 Å². The number of rotatable bonds is 5. The highest BCUT2D eigenvalue weighted by Crippen LogP contribution is 2.23. The second-order valence-corrected chi connectivity index (χ2v) is 5.03. The molecule has 1 aliphatic heterocycles. The summed E-state index contributed by atoms with van der Waals surface area (Å²) in [5, 5.41) is 14.0. The zero-order valence-corrected chi connectivity index (χ0v) is 11.5. The first-order valence-electron chi connectivity index (χ1n) is 6.85. The molecule has 20 heavy (non-hydrogen) atoms. The minimum Gasteiger partial charge on any atom is -0.381 e. The lowest BCUT2D eigenvalue weighted by atomic mass is 9.89. The summed E-state index contributed by atoms with van der Waals surface area (Å²) in [6, 6.07) is 4.47. The standard InChI is InChI=1S/C14H19FN2O3/c1-2-16-13-5-6-20-9-11(13)7-10-3-4-14(17(18)19)12(15)8-10/h3-4,8,11,13,16H,2,5-7,9H2,1H3. The molecular weight excluding hydrogens is 263 g/mol. The molecule has 0 saturated carbocycles. The van der Waals surface area contributed by atoms with Crippen molar-refractivity contribution in [1.82, 2.24) is 5.32 Å². The topological polar surface area (TPSA) is 64.4 Å². The molecule has 2 unspecified atom stereocenters. The van der Waals surface area contributed by atoms with Crippen molar-refractivity contribution in [3.8, 4) is 0 Å². The zero-order valence-electron chi connectivity index (χ0n) is 11.5. The van der Waals surface area contributed by atoms with Gasteiger partial charge in [0, 0.05) is 24.6 Å². The summed E-state index contributed by atoms with van der Waals surface area (Å²) in [4.78, 5) is 9.89. The number of nitro benzene ring substituents is 1. The Kier molecular flexibility index (Phi) is 5.03. The number of hydrogen-bond acceptors (Lipinski definition) is 4. The van der Waals surface area contributed by atoms with Crippen molar-refractivity contribution in [2.24, 2.45) is 5.92 Å². The van der Waals surface area contributed by atoms with Gasteiger partial charge in [0.1, 0.15) is 0 Å². The van der Waals surface area contributed by atoms with Gasteiger partial charge in [-0.05, 0) is 31.0 Å². The summed E-state index contributed by atoms with van der Waals surface area (Å²) >= 11 is 0. The fourth-order valence-electron chi connectivity index (χ4n) is 2.66. The second kappa shape index (κ2) is 6.76. The number of halogens is 1. The molecule has 1 N–H and O–H groups in total. The van der Waals surface area contributed by atoms with E-state index in [4.69, 9.17) is 4.74 Å². The van der Waals surface area contributed by atoms with Crippen LogP contribution in [-0.4, -0.2) is 30.7 Å².